The zero-order valence-corrected chi connectivity index (χ0v) is 32.5. The zero-order chi connectivity index (χ0) is 37.5. The number of rotatable bonds is 6. The maximum atomic E-state index is 8.48. The molecule has 3 aromatic heterocycles. The van der Waals surface area contributed by atoms with Crippen molar-refractivity contribution < 1.29 is 30.0 Å². The van der Waals surface area contributed by atoms with Crippen molar-refractivity contribution in [3.8, 4) is 22.5 Å². The minimum Gasteiger partial charge on any atom is -0.501 e. The molecular weight excluding hydrogens is 793 g/mol. The van der Waals surface area contributed by atoms with Gasteiger partial charge in [-0.1, -0.05) is 131 Å². The topological polar surface area (TPSA) is 38.9 Å². The molecule has 0 fully saturated rings. The molecule has 1 radical (unpaired) electrons. The molecule has 0 bridgehead atoms. The van der Waals surface area contributed by atoms with Crippen molar-refractivity contribution in [1.29, 1.82) is 0 Å². The number of nitrogens with zero attached hydrogens (tertiary/aromatic N) is 2. The average molecular weight is 841 g/mol. The fourth-order valence-electron chi connectivity index (χ4n) is 6.05. The van der Waals surface area contributed by atoms with Crippen LogP contribution in [0.15, 0.2) is 120 Å². The van der Waals surface area contributed by atoms with Gasteiger partial charge in [-0.3, -0.25) is 0 Å². The van der Waals surface area contributed by atoms with E-state index >= 15 is 0 Å². The van der Waals surface area contributed by atoms with E-state index in [-0.39, 0.29) is 31.1 Å². The third kappa shape index (κ3) is 7.70. The maximum absolute atomic E-state index is 8.48. The van der Waals surface area contributed by atoms with E-state index < -0.39 is 20.8 Å². The summed E-state index contributed by atoms with van der Waals surface area (Å²) in [4.78, 5) is 9.04. The van der Waals surface area contributed by atoms with Gasteiger partial charge in [0.05, 0.1) is 13.7 Å². The fourth-order valence-corrected chi connectivity index (χ4v) is 7.63. The van der Waals surface area contributed by atoms with Crippen molar-refractivity contribution in [2.75, 3.05) is 0 Å². The number of furan rings is 1. The van der Waals surface area contributed by atoms with E-state index in [9.17, 15) is 0 Å². The molecule has 5 heteroatoms. The third-order valence-corrected chi connectivity index (χ3v) is 10.9. The van der Waals surface area contributed by atoms with Crippen LogP contribution < -0.4 is 5.19 Å². The van der Waals surface area contributed by atoms with Crippen molar-refractivity contribution >= 4 is 35.2 Å². The largest absolute Gasteiger partial charge is 0.501 e. The molecule has 4 aromatic carbocycles. The second-order valence-corrected chi connectivity index (χ2v) is 19.0. The minimum absolute atomic E-state index is 0. The molecule has 0 amide bonds. The number of benzene rings is 4. The van der Waals surface area contributed by atoms with Crippen LogP contribution in [-0.4, -0.2) is 18.0 Å². The molecule has 7 rings (SSSR count). The molecule has 0 saturated heterocycles. The summed E-state index contributed by atoms with van der Waals surface area (Å²) < 4.78 is 37.1. The molecule has 49 heavy (non-hydrogen) atoms. The van der Waals surface area contributed by atoms with E-state index in [4.69, 9.17) is 9.90 Å². The Morgan fingerprint density at radius 1 is 0.816 bits per heavy atom. The fraction of sp³-hybridized carbons (Fsp3) is 0.227. The van der Waals surface area contributed by atoms with Gasteiger partial charge in [-0.25, -0.2) is 0 Å². The molecular formula is C44H44IrN2OSi-2. The Balaban J connectivity index is 0.000000203. The van der Waals surface area contributed by atoms with E-state index in [0.29, 0.717) is 0 Å². The van der Waals surface area contributed by atoms with Gasteiger partial charge in [-0.05, 0) is 45.7 Å². The van der Waals surface area contributed by atoms with Crippen molar-refractivity contribution in [3.05, 3.63) is 150 Å². The maximum Gasteiger partial charge on any atom is 0.121 e. The van der Waals surface area contributed by atoms with Crippen LogP contribution in [0.1, 0.15) is 61.3 Å². The molecule has 3 nitrogen and oxygen atoms in total. The predicted octanol–water partition coefficient (Wildman–Crippen LogP) is 11.3. The van der Waals surface area contributed by atoms with Crippen molar-refractivity contribution in [3.63, 3.8) is 0 Å². The smallest absolute Gasteiger partial charge is 0.121 e. The van der Waals surface area contributed by atoms with Gasteiger partial charge in [0, 0.05) is 48.8 Å². The van der Waals surface area contributed by atoms with Crippen LogP contribution in [0.2, 0.25) is 19.6 Å². The Kier molecular flexibility index (Phi) is 9.30. The summed E-state index contributed by atoms with van der Waals surface area (Å²) in [7, 11) is -1.61. The summed E-state index contributed by atoms with van der Waals surface area (Å²) in [5, 5.41) is 3.40. The summed E-state index contributed by atoms with van der Waals surface area (Å²) >= 11 is 0. The normalized spacial score (nSPS) is 13.4. The Hall–Kier alpha value is -4.15. The van der Waals surface area contributed by atoms with Gasteiger partial charge < -0.3 is 14.4 Å². The van der Waals surface area contributed by atoms with Gasteiger partial charge in [0.2, 0.25) is 0 Å². The van der Waals surface area contributed by atoms with E-state index in [0.717, 1.165) is 50.0 Å². The Morgan fingerprint density at radius 3 is 2.24 bits per heavy atom. The van der Waals surface area contributed by atoms with Crippen LogP contribution in [0.5, 0.6) is 0 Å². The Labute approximate surface area is 311 Å². The quantitative estimate of drug-likeness (QED) is 0.124. The first kappa shape index (κ1) is 30.9. The van der Waals surface area contributed by atoms with Crippen LogP contribution in [0.25, 0.3) is 44.5 Å². The third-order valence-electron chi connectivity index (χ3n) is 8.91. The summed E-state index contributed by atoms with van der Waals surface area (Å²) in [6.45, 7) is 12.9. The molecule has 0 aliphatic rings. The Morgan fingerprint density at radius 2 is 1.59 bits per heavy atom. The molecule has 0 spiro atoms. The summed E-state index contributed by atoms with van der Waals surface area (Å²) in [5.74, 6) is -0.716. The molecule has 0 atom stereocenters. The number of hydrogen-bond donors (Lipinski definition) is 0. The average Bonchev–Trinajstić information content (AvgIpc) is 3.50. The molecule has 0 unspecified atom stereocenters. The predicted molar refractivity (Wildman–Crippen MR) is 205 cm³/mol. The molecule has 0 aliphatic carbocycles. The minimum atomic E-state index is -2.13. The SMILES string of the molecule is CC(C)(c1ccccc1)c1ccc2c(c1)oc1c(-c3ccccn3)[c-]ccc12.[2H]C([2H])([2H])c1c[c-]c(-c2cc(C([2H])(C)C)c([Si](C)(C)C)cn2)cc1.[Ir]. The number of pyridine rings is 2. The second-order valence-electron chi connectivity index (χ2n) is 14.0. The summed E-state index contributed by atoms with van der Waals surface area (Å²) in [6, 6.07) is 40.2. The summed E-state index contributed by atoms with van der Waals surface area (Å²) in [5.41, 5.74) is 8.65. The standard InChI is InChI=1S/C26H20NO.C18H24NSi.Ir/c1-26(2,18-9-4-3-5-10-18)19-14-15-20-21-11-8-12-22(23-13-6-7-16-27-23)25(21)28-24(20)17-19;1-13(2)16-11-17(15-9-7-14(3)8-10-15)19-12-18(16)20(4,5)6;/h3-11,13-17H,1-2H3;7-9,11-13H,1-6H3;/q2*-1;/i;3D3,13D;. The van der Waals surface area contributed by atoms with Crippen LogP contribution in [-0.2, 0) is 25.5 Å². The van der Waals surface area contributed by atoms with E-state index in [1.54, 1.807) is 18.3 Å². The van der Waals surface area contributed by atoms with Crippen molar-refractivity contribution in [2.24, 2.45) is 0 Å². The second kappa shape index (κ2) is 14.8. The first-order valence-corrected chi connectivity index (χ1v) is 19.8. The van der Waals surface area contributed by atoms with Crippen LogP contribution in [0, 0.1) is 19.0 Å². The number of aryl methyl sites for hydroxylation is 1. The zero-order valence-electron chi connectivity index (χ0n) is 33.1. The van der Waals surface area contributed by atoms with Gasteiger partial charge in [-0.2, -0.15) is 0 Å². The number of fused-ring (bicyclic) bond motifs is 3. The first-order valence-electron chi connectivity index (χ1n) is 18.3. The number of hydrogen-bond acceptors (Lipinski definition) is 3. The molecule has 3 heterocycles. The summed E-state index contributed by atoms with van der Waals surface area (Å²) in [6.07, 6.45) is 3.68. The van der Waals surface area contributed by atoms with Crippen LogP contribution in [0.4, 0.5) is 0 Å². The monoisotopic (exact) mass is 841 g/mol. The van der Waals surface area contributed by atoms with Crippen molar-refractivity contribution in [2.45, 2.75) is 65.5 Å². The molecule has 0 N–H and O–H groups in total. The van der Waals surface area contributed by atoms with E-state index in [1.165, 1.54) is 22.4 Å². The van der Waals surface area contributed by atoms with Crippen molar-refractivity contribution in [1.82, 2.24) is 9.97 Å². The molecule has 7 aromatic rings. The molecule has 0 saturated carbocycles. The van der Waals surface area contributed by atoms with Crippen LogP contribution >= 0.6 is 0 Å². The number of aromatic nitrogens is 2. The van der Waals surface area contributed by atoms with Gasteiger partial charge in [0.15, 0.2) is 0 Å². The Bertz CT molecular complexity index is 2330. The van der Waals surface area contributed by atoms with Gasteiger partial charge >= 0.3 is 0 Å². The first-order chi connectivity index (χ1) is 24.4. The molecule has 251 valence electrons. The molecule has 0 aliphatic heterocycles. The van der Waals surface area contributed by atoms with Gasteiger partial charge in [0.25, 0.3) is 0 Å². The van der Waals surface area contributed by atoms with Gasteiger partial charge in [0.1, 0.15) is 5.58 Å². The van der Waals surface area contributed by atoms with Crippen LogP contribution in [0.3, 0.4) is 0 Å². The van der Waals surface area contributed by atoms with E-state index in [2.05, 4.69) is 110 Å². The van der Waals surface area contributed by atoms with Gasteiger partial charge in [-0.15, -0.1) is 53.6 Å². The van der Waals surface area contributed by atoms with E-state index in [1.807, 2.05) is 50.4 Å².